The molecule has 0 spiro atoms. The van der Waals surface area contributed by atoms with Crippen molar-refractivity contribution in [2.24, 2.45) is 5.73 Å². The summed E-state index contributed by atoms with van der Waals surface area (Å²) in [6.45, 7) is 1.30. The van der Waals surface area contributed by atoms with Crippen molar-refractivity contribution in [1.29, 1.82) is 0 Å². The summed E-state index contributed by atoms with van der Waals surface area (Å²) in [4.78, 5) is 22.1. The van der Waals surface area contributed by atoms with Gasteiger partial charge in [-0.2, -0.15) is 0 Å². The molecule has 34 heavy (non-hydrogen) atoms. The Labute approximate surface area is 209 Å². The first-order valence-electron chi connectivity index (χ1n) is 11.6. The standard InChI is InChI=1S/C27H24N3O.2CH3.Sn/c1-2-29-27(31)23-14-12-22(13-15-23)26-17-24(20-10-8-19(18-28)9-11-20)16-25(30-26)21-6-4-3-5-7-21;;;/h3-17H,1-2,18,28H2,(H,29,31);2*1H3;. The van der Waals surface area contributed by atoms with Crippen molar-refractivity contribution in [2.75, 3.05) is 6.54 Å². The maximum absolute atomic E-state index is 12.5. The number of rotatable bonds is 8. The quantitative estimate of drug-likeness (QED) is 0.261. The van der Waals surface area contributed by atoms with Crippen LogP contribution in [0.25, 0.3) is 33.6 Å². The van der Waals surface area contributed by atoms with Gasteiger partial charge in [0.05, 0.1) is 0 Å². The second-order valence-corrected chi connectivity index (χ2v) is 17.0. The molecular weight excluding hydrogens is 525 g/mol. The van der Waals surface area contributed by atoms with E-state index in [1.807, 2.05) is 42.5 Å². The third kappa shape index (κ3) is 6.13. The summed E-state index contributed by atoms with van der Waals surface area (Å²) in [7, 11) is 0. The zero-order valence-corrected chi connectivity index (χ0v) is 22.6. The van der Waals surface area contributed by atoms with E-state index in [-0.39, 0.29) is 5.91 Å². The fourth-order valence-corrected chi connectivity index (χ4v) is 5.54. The summed E-state index contributed by atoms with van der Waals surface area (Å²) < 4.78 is 1.16. The number of benzene rings is 3. The van der Waals surface area contributed by atoms with E-state index in [9.17, 15) is 4.79 Å². The SMILES string of the molecule is [CH3][Sn]([CH3])[CH2]CNC(=O)c1ccc(-c2cc(-c3ccc(CN)cc3)cc(-c3ccccc3)n2)cc1. The van der Waals surface area contributed by atoms with E-state index < -0.39 is 19.8 Å². The Hall–Kier alpha value is -2.96. The monoisotopic (exact) mass is 556 g/mol. The van der Waals surface area contributed by atoms with Gasteiger partial charge >= 0.3 is 137 Å². The fourth-order valence-electron chi connectivity index (χ4n) is 3.76. The number of nitrogens with two attached hydrogens (primary N) is 1. The summed E-state index contributed by atoms with van der Waals surface area (Å²) >= 11 is -1.18. The van der Waals surface area contributed by atoms with E-state index in [4.69, 9.17) is 10.7 Å². The van der Waals surface area contributed by atoms with Crippen LogP contribution in [0.5, 0.6) is 0 Å². The third-order valence-electron chi connectivity index (χ3n) is 5.77. The maximum atomic E-state index is 12.5. The van der Waals surface area contributed by atoms with Crippen molar-refractivity contribution in [3.63, 3.8) is 0 Å². The second kappa shape index (κ2) is 11.4. The molecular formula is C29H30N3OSn. The van der Waals surface area contributed by atoms with Crippen LogP contribution >= 0.6 is 0 Å². The summed E-state index contributed by atoms with van der Waals surface area (Å²) in [5.74, 6) is -0.0112. The second-order valence-electron chi connectivity index (χ2n) is 8.68. The Morgan fingerprint density at radius 2 is 1.38 bits per heavy atom. The molecule has 1 heterocycles. The van der Waals surface area contributed by atoms with E-state index in [0.29, 0.717) is 12.1 Å². The predicted octanol–water partition coefficient (Wildman–Crippen LogP) is 6.03. The van der Waals surface area contributed by atoms with Crippen molar-refractivity contribution in [3.8, 4) is 33.6 Å². The molecule has 0 aliphatic carbocycles. The van der Waals surface area contributed by atoms with E-state index >= 15 is 0 Å². The number of hydrogen-bond donors (Lipinski definition) is 2. The Morgan fingerprint density at radius 1 is 0.794 bits per heavy atom. The summed E-state index contributed by atoms with van der Waals surface area (Å²) in [5, 5.41) is 3.05. The summed E-state index contributed by atoms with van der Waals surface area (Å²) in [6, 6.07) is 30.5. The van der Waals surface area contributed by atoms with Crippen LogP contribution in [-0.4, -0.2) is 37.2 Å². The molecule has 5 heteroatoms. The molecule has 0 bridgehead atoms. The Kier molecular flexibility index (Phi) is 8.14. The van der Waals surface area contributed by atoms with Gasteiger partial charge in [-0.25, -0.2) is 0 Å². The number of carbonyl (C=O) groups excluding carboxylic acids is 1. The Morgan fingerprint density at radius 3 is 1.97 bits per heavy atom. The number of nitrogens with zero attached hydrogens (tertiary/aromatic N) is 1. The molecule has 3 N–H and O–H groups in total. The molecule has 1 radical (unpaired) electrons. The molecule has 1 aromatic heterocycles. The topological polar surface area (TPSA) is 68.0 Å². The Balaban J connectivity index is 1.67. The zero-order chi connectivity index (χ0) is 23.9. The number of pyridine rings is 1. The van der Waals surface area contributed by atoms with Crippen LogP contribution in [0, 0.1) is 0 Å². The number of carbonyl (C=O) groups is 1. The normalized spacial score (nSPS) is 10.9. The van der Waals surface area contributed by atoms with Crippen molar-refractivity contribution in [2.45, 2.75) is 20.9 Å². The predicted molar refractivity (Wildman–Crippen MR) is 143 cm³/mol. The van der Waals surface area contributed by atoms with E-state index in [1.165, 1.54) is 0 Å². The molecule has 3 aromatic carbocycles. The van der Waals surface area contributed by atoms with Gasteiger partial charge in [-0.3, -0.25) is 0 Å². The van der Waals surface area contributed by atoms with Gasteiger partial charge in [0.25, 0.3) is 0 Å². The molecule has 171 valence electrons. The van der Waals surface area contributed by atoms with Crippen LogP contribution in [0.15, 0.2) is 91.0 Å². The average Bonchev–Trinajstić information content (AvgIpc) is 2.89. The molecule has 0 aliphatic rings. The van der Waals surface area contributed by atoms with Gasteiger partial charge in [0.1, 0.15) is 0 Å². The molecule has 0 atom stereocenters. The first kappa shape index (κ1) is 24.2. The third-order valence-corrected chi connectivity index (χ3v) is 9.34. The van der Waals surface area contributed by atoms with Crippen LogP contribution in [0.4, 0.5) is 0 Å². The van der Waals surface area contributed by atoms with Gasteiger partial charge in [0, 0.05) is 6.54 Å². The van der Waals surface area contributed by atoms with Gasteiger partial charge in [0.15, 0.2) is 0 Å². The fraction of sp³-hybridized carbons (Fsp3) is 0.172. The molecule has 0 saturated heterocycles. The molecule has 4 aromatic rings. The minimum atomic E-state index is -1.18. The van der Waals surface area contributed by atoms with E-state index in [1.54, 1.807) is 0 Å². The van der Waals surface area contributed by atoms with Crippen molar-refractivity contribution in [1.82, 2.24) is 10.3 Å². The number of nitrogens with one attached hydrogen (secondary N) is 1. The zero-order valence-electron chi connectivity index (χ0n) is 19.7. The minimum absolute atomic E-state index is 0.0112. The first-order valence-corrected chi connectivity index (χ1v) is 19.3. The molecule has 0 saturated carbocycles. The van der Waals surface area contributed by atoms with Crippen molar-refractivity contribution in [3.05, 3.63) is 102 Å². The van der Waals surface area contributed by atoms with Gasteiger partial charge < -0.3 is 5.73 Å². The molecule has 4 nitrogen and oxygen atoms in total. The summed E-state index contributed by atoms with van der Waals surface area (Å²) in [6.07, 6.45) is 0. The van der Waals surface area contributed by atoms with Crippen LogP contribution in [0.3, 0.4) is 0 Å². The van der Waals surface area contributed by atoms with Gasteiger partial charge in [-0.1, -0.05) is 54.6 Å². The van der Waals surface area contributed by atoms with Crippen LogP contribution in [0.1, 0.15) is 15.9 Å². The number of hydrogen-bond acceptors (Lipinski definition) is 3. The summed E-state index contributed by atoms with van der Waals surface area (Å²) in [5.41, 5.74) is 13.6. The molecule has 0 fully saturated rings. The Bertz CT molecular complexity index is 1240. The van der Waals surface area contributed by atoms with Crippen LogP contribution < -0.4 is 11.1 Å². The van der Waals surface area contributed by atoms with E-state index in [2.05, 4.69) is 63.7 Å². The average molecular weight is 555 g/mol. The molecule has 4 rings (SSSR count). The van der Waals surface area contributed by atoms with Crippen LogP contribution in [0.2, 0.25) is 14.3 Å². The first-order chi connectivity index (χ1) is 16.5. The van der Waals surface area contributed by atoms with Crippen molar-refractivity contribution < 1.29 is 4.79 Å². The van der Waals surface area contributed by atoms with E-state index in [0.717, 1.165) is 50.2 Å². The molecule has 0 unspecified atom stereocenters. The number of aromatic nitrogens is 1. The number of amides is 1. The van der Waals surface area contributed by atoms with Gasteiger partial charge in [0.2, 0.25) is 0 Å². The van der Waals surface area contributed by atoms with Gasteiger partial charge in [-0.15, -0.1) is 0 Å². The molecule has 0 aliphatic heterocycles. The molecule has 1 amide bonds. The van der Waals surface area contributed by atoms with Gasteiger partial charge in [-0.05, 0) is 5.56 Å². The van der Waals surface area contributed by atoms with Crippen LogP contribution in [-0.2, 0) is 6.54 Å². The van der Waals surface area contributed by atoms with Crippen molar-refractivity contribution >= 4 is 25.7 Å².